The third-order valence-electron chi connectivity index (χ3n) is 4.82. The van der Waals surface area contributed by atoms with Gasteiger partial charge in [0.25, 0.3) is 11.5 Å². The minimum absolute atomic E-state index is 0.148. The standard InChI is InChI=1S/C23H19BrN4O3/c1-15-20(23(30)28(27(15)2)17-9-4-3-5-10-17)26-21(29)19-12-7-13-25-22(19)31-18-11-6-8-16(24)14-18/h3-14H,1-2H3,(H,26,29). The average Bonchev–Trinajstić information content (AvgIpc) is 2.98. The van der Waals surface area contributed by atoms with E-state index in [1.165, 1.54) is 4.68 Å². The Bertz CT molecular complexity index is 1310. The van der Waals surface area contributed by atoms with Gasteiger partial charge in [-0.3, -0.25) is 14.3 Å². The summed E-state index contributed by atoms with van der Waals surface area (Å²) >= 11 is 3.39. The molecule has 1 amide bonds. The van der Waals surface area contributed by atoms with Crippen molar-refractivity contribution >= 4 is 27.5 Å². The van der Waals surface area contributed by atoms with Gasteiger partial charge < -0.3 is 10.1 Å². The van der Waals surface area contributed by atoms with Crippen molar-refractivity contribution in [2.24, 2.45) is 7.05 Å². The predicted molar refractivity (Wildman–Crippen MR) is 122 cm³/mol. The molecule has 31 heavy (non-hydrogen) atoms. The highest BCUT2D eigenvalue weighted by Gasteiger charge is 2.21. The Kier molecular flexibility index (Phi) is 5.73. The topological polar surface area (TPSA) is 78.2 Å². The van der Waals surface area contributed by atoms with Crippen LogP contribution in [-0.2, 0) is 7.05 Å². The first-order valence-corrected chi connectivity index (χ1v) is 10.3. The largest absolute Gasteiger partial charge is 0.438 e. The van der Waals surface area contributed by atoms with Crippen molar-refractivity contribution < 1.29 is 9.53 Å². The zero-order valence-electron chi connectivity index (χ0n) is 16.9. The molecular weight excluding hydrogens is 460 g/mol. The van der Waals surface area contributed by atoms with Gasteiger partial charge in [-0.15, -0.1) is 0 Å². The van der Waals surface area contributed by atoms with Gasteiger partial charge >= 0.3 is 0 Å². The number of pyridine rings is 1. The molecule has 0 aliphatic carbocycles. The maximum Gasteiger partial charge on any atom is 0.295 e. The normalized spacial score (nSPS) is 10.7. The lowest BCUT2D eigenvalue weighted by atomic mass is 10.2. The Morgan fingerprint density at radius 1 is 1.06 bits per heavy atom. The lowest BCUT2D eigenvalue weighted by Gasteiger charge is -2.10. The van der Waals surface area contributed by atoms with E-state index in [2.05, 4.69) is 26.2 Å². The van der Waals surface area contributed by atoms with Crippen LogP contribution in [0, 0.1) is 6.92 Å². The second-order valence-electron chi connectivity index (χ2n) is 6.81. The summed E-state index contributed by atoms with van der Waals surface area (Å²) in [7, 11) is 1.77. The van der Waals surface area contributed by atoms with Gasteiger partial charge in [0.1, 0.15) is 17.0 Å². The molecule has 1 N–H and O–H groups in total. The molecule has 0 unspecified atom stereocenters. The number of nitrogens with one attached hydrogen (secondary N) is 1. The third-order valence-corrected chi connectivity index (χ3v) is 5.31. The van der Waals surface area contributed by atoms with E-state index in [9.17, 15) is 9.59 Å². The molecule has 2 aromatic heterocycles. The van der Waals surface area contributed by atoms with E-state index in [0.717, 1.165) is 4.47 Å². The van der Waals surface area contributed by atoms with Gasteiger partial charge in [0.15, 0.2) is 0 Å². The number of para-hydroxylation sites is 1. The van der Waals surface area contributed by atoms with Crippen molar-refractivity contribution in [3.8, 4) is 17.3 Å². The number of aromatic nitrogens is 3. The van der Waals surface area contributed by atoms with Crippen molar-refractivity contribution in [3.05, 3.63) is 99.0 Å². The van der Waals surface area contributed by atoms with E-state index in [-0.39, 0.29) is 22.7 Å². The number of amides is 1. The first-order valence-electron chi connectivity index (χ1n) is 9.49. The van der Waals surface area contributed by atoms with Crippen molar-refractivity contribution in [3.63, 3.8) is 0 Å². The van der Waals surface area contributed by atoms with E-state index >= 15 is 0 Å². The van der Waals surface area contributed by atoms with Crippen LogP contribution in [0.5, 0.6) is 11.6 Å². The van der Waals surface area contributed by atoms with Crippen LogP contribution in [0.2, 0.25) is 0 Å². The number of halogens is 1. The molecule has 8 heteroatoms. The molecule has 2 aromatic carbocycles. The molecule has 7 nitrogen and oxygen atoms in total. The second-order valence-corrected chi connectivity index (χ2v) is 7.72. The summed E-state index contributed by atoms with van der Waals surface area (Å²) < 4.78 is 9.87. The fraction of sp³-hybridized carbons (Fsp3) is 0.0870. The maximum absolute atomic E-state index is 13.1. The highest BCUT2D eigenvalue weighted by atomic mass is 79.9. The zero-order valence-corrected chi connectivity index (χ0v) is 18.5. The SMILES string of the molecule is Cc1c(NC(=O)c2cccnc2Oc2cccc(Br)c2)c(=O)n(-c2ccccc2)n1C. The summed E-state index contributed by atoms with van der Waals surface area (Å²) in [5, 5.41) is 2.74. The Morgan fingerprint density at radius 2 is 1.84 bits per heavy atom. The highest BCUT2D eigenvalue weighted by Crippen LogP contribution is 2.26. The van der Waals surface area contributed by atoms with Crippen LogP contribution in [0.3, 0.4) is 0 Å². The number of benzene rings is 2. The van der Waals surface area contributed by atoms with Crippen LogP contribution in [-0.4, -0.2) is 20.3 Å². The highest BCUT2D eigenvalue weighted by molar-refractivity contribution is 9.10. The zero-order chi connectivity index (χ0) is 22.0. The van der Waals surface area contributed by atoms with Crippen molar-refractivity contribution in [1.82, 2.24) is 14.3 Å². The number of nitrogens with zero attached hydrogens (tertiary/aromatic N) is 3. The van der Waals surface area contributed by atoms with Gasteiger partial charge in [0.2, 0.25) is 5.88 Å². The average molecular weight is 479 g/mol. The molecule has 2 heterocycles. The quantitative estimate of drug-likeness (QED) is 0.451. The molecule has 0 spiro atoms. The molecule has 4 aromatic rings. The smallest absolute Gasteiger partial charge is 0.295 e. The van der Waals surface area contributed by atoms with Crippen molar-refractivity contribution in [2.75, 3.05) is 5.32 Å². The number of hydrogen-bond acceptors (Lipinski definition) is 4. The van der Waals surface area contributed by atoms with Crippen molar-refractivity contribution in [2.45, 2.75) is 6.92 Å². The predicted octanol–water partition coefficient (Wildman–Crippen LogP) is 4.69. The van der Waals surface area contributed by atoms with Crippen LogP contribution in [0.25, 0.3) is 5.69 Å². The first-order chi connectivity index (χ1) is 15.0. The molecule has 4 rings (SSSR count). The molecule has 0 atom stereocenters. The van der Waals surface area contributed by atoms with E-state index in [1.807, 2.05) is 42.5 Å². The lowest BCUT2D eigenvalue weighted by molar-refractivity contribution is 0.102. The lowest BCUT2D eigenvalue weighted by Crippen LogP contribution is -2.23. The Balaban J connectivity index is 1.67. The minimum atomic E-state index is -0.482. The van der Waals surface area contributed by atoms with Crippen molar-refractivity contribution in [1.29, 1.82) is 0 Å². The third kappa shape index (κ3) is 4.15. The number of carbonyl (C=O) groups excluding carboxylic acids is 1. The van der Waals surface area contributed by atoms with Gasteiger partial charge in [-0.2, -0.15) is 0 Å². The molecular formula is C23H19BrN4O3. The Morgan fingerprint density at radius 3 is 2.58 bits per heavy atom. The van der Waals surface area contributed by atoms with E-state index < -0.39 is 5.91 Å². The summed E-state index contributed by atoms with van der Waals surface area (Å²) in [6.45, 7) is 1.78. The van der Waals surface area contributed by atoms with Gasteiger partial charge in [-0.05, 0) is 49.4 Å². The van der Waals surface area contributed by atoms with Gasteiger partial charge in [0, 0.05) is 17.7 Å². The number of anilines is 1. The first kappa shape index (κ1) is 20.6. The second kappa shape index (κ2) is 8.61. The number of ether oxygens (including phenoxy) is 1. The van der Waals surface area contributed by atoms with Crippen LogP contribution >= 0.6 is 15.9 Å². The summed E-state index contributed by atoms with van der Waals surface area (Å²) in [6, 6.07) is 19.7. The Hall–Kier alpha value is -3.65. The number of carbonyl (C=O) groups is 1. The molecule has 0 fully saturated rings. The minimum Gasteiger partial charge on any atom is -0.438 e. The molecule has 0 aliphatic rings. The molecule has 0 radical (unpaired) electrons. The van der Waals surface area contributed by atoms with Gasteiger partial charge in [-0.1, -0.05) is 40.2 Å². The number of hydrogen-bond donors (Lipinski definition) is 1. The van der Waals surface area contributed by atoms with Crippen LogP contribution in [0.4, 0.5) is 5.69 Å². The van der Waals surface area contributed by atoms with Crippen LogP contribution < -0.4 is 15.6 Å². The summed E-state index contributed by atoms with van der Waals surface area (Å²) in [4.78, 5) is 30.3. The molecule has 0 aliphatic heterocycles. The fourth-order valence-electron chi connectivity index (χ4n) is 3.18. The molecule has 0 saturated heterocycles. The van der Waals surface area contributed by atoms with Gasteiger partial charge in [-0.25, -0.2) is 9.67 Å². The van der Waals surface area contributed by atoms with E-state index in [1.54, 1.807) is 49.1 Å². The summed E-state index contributed by atoms with van der Waals surface area (Å²) in [6.07, 6.45) is 1.54. The monoisotopic (exact) mass is 478 g/mol. The van der Waals surface area contributed by atoms with Crippen LogP contribution in [0.1, 0.15) is 16.1 Å². The fourth-order valence-corrected chi connectivity index (χ4v) is 3.56. The molecule has 156 valence electrons. The molecule has 0 bridgehead atoms. The molecule has 0 saturated carbocycles. The summed E-state index contributed by atoms with van der Waals surface area (Å²) in [5.41, 5.74) is 1.43. The Labute approximate surface area is 187 Å². The summed E-state index contributed by atoms with van der Waals surface area (Å²) in [5.74, 6) is 0.198. The van der Waals surface area contributed by atoms with E-state index in [4.69, 9.17) is 4.74 Å². The maximum atomic E-state index is 13.1. The van der Waals surface area contributed by atoms with Crippen LogP contribution in [0.15, 0.2) is 82.2 Å². The van der Waals surface area contributed by atoms with E-state index in [0.29, 0.717) is 17.1 Å². The van der Waals surface area contributed by atoms with Gasteiger partial charge in [0.05, 0.1) is 11.4 Å². The number of rotatable bonds is 5.